The fourth-order valence-corrected chi connectivity index (χ4v) is 7.47. The standard InChI is InChI=1S/C48H37N/c1-31(2)35-18-17-32(3)48(30-35)49(42-16-10-15-36(24-42)33-11-6-4-7-12-33)43-22-21-39-27-45-46-28-40-23-37(34-13-8-5-9-14-34)19-20-38(40)26-44(46)47(45)29-41(39)25-43/h4-31H,1-3H3. The van der Waals surface area contributed by atoms with E-state index in [2.05, 4.69) is 189 Å². The van der Waals surface area contributed by atoms with E-state index >= 15 is 0 Å². The van der Waals surface area contributed by atoms with Crippen molar-refractivity contribution in [1.29, 1.82) is 0 Å². The average molecular weight is 628 g/mol. The number of benzene rings is 8. The zero-order valence-electron chi connectivity index (χ0n) is 28.1. The maximum absolute atomic E-state index is 2.44. The van der Waals surface area contributed by atoms with Crippen LogP contribution in [0.1, 0.15) is 30.9 Å². The Morgan fingerprint density at radius 2 is 0.918 bits per heavy atom. The largest absolute Gasteiger partial charge is 0.310 e. The number of hydrogen-bond donors (Lipinski definition) is 0. The van der Waals surface area contributed by atoms with Crippen LogP contribution in [0.15, 0.2) is 164 Å². The first-order valence-corrected chi connectivity index (χ1v) is 17.3. The maximum atomic E-state index is 2.44. The molecule has 0 spiro atoms. The van der Waals surface area contributed by atoms with Crippen LogP contribution >= 0.6 is 0 Å². The Bertz CT molecular complexity index is 2520. The van der Waals surface area contributed by atoms with E-state index in [1.807, 2.05) is 0 Å². The van der Waals surface area contributed by atoms with Gasteiger partial charge in [-0.3, -0.25) is 0 Å². The SMILES string of the molecule is Cc1ccc(C(C)C)cc1N(c1cccc(-c2ccccc2)c1)c1ccc2cc3c(cc2c1)-c1cc2ccc(-c4ccccc4)cc2cc1-3. The van der Waals surface area contributed by atoms with E-state index in [1.165, 1.54) is 82.9 Å². The lowest BCUT2D eigenvalue weighted by Crippen LogP contribution is -2.12. The molecule has 0 aliphatic heterocycles. The van der Waals surface area contributed by atoms with Gasteiger partial charge in [-0.05, 0) is 151 Å². The molecule has 0 amide bonds. The molecule has 0 aromatic heterocycles. The zero-order chi connectivity index (χ0) is 33.1. The molecule has 1 nitrogen and oxygen atoms in total. The van der Waals surface area contributed by atoms with Gasteiger partial charge in [-0.15, -0.1) is 0 Å². The second-order valence-electron chi connectivity index (χ2n) is 13.7. The number of anilines is 3. The Labute approximate surface area is 288 Å². The minimum absolute atomic E-state index is 0.438. The summed E-state index contributed by atoms with van der Waals surface area (Å²) in [5, 5.41) is 5.08. The molecule has 0 unspecified atom stereocenters. The van der Waals surface area contributed by atoms with Crippen molar-refractivity contribution in [2.75, 3.05) is 4.90 Å². The Balaban J connectivity index is 1.15. The molecule has 0 saturated carbocycles. The third-order valence-corrected chi connectivity index (χ3v) is 10.2. The minimum Gasteiger partial charge on any atom is -0.310 e. The molecule has 1 heteroatoms. The molecule has 0 fully saturated rings. The van der Waals surface area contributed by atoms with Crippen LogP contribution in [0.5, 0.6) is 0 Å². The van der Waals surface area contributed by atoms with Gasteiger partial charge in [0.25, 0.3) is 0 Å². The van der Waals surface area contributed by atoms with Crippen LogP contribution in [-0.4, -0.2) is 0 Å². The molecule has 9 rings (SSSR count). The topological polar surface area (TPSA) is 3.24 Å². The summed E-state index contributed by atoms with van der Waals surface area (Å²) >= 11 is 0. The highest BCUT2D eigenvalue weighted by molar-refractivity contribution is 6.12. The molecule has 0 N–H and O–H groups in total. The maximum Gasteiger partial charge on any atom is 0.0493 e. The highest BCUT2D eigenvalue weighted by atomic mass is 15.1. The van der Waals surface area contributed by atoms with E-state index in [1.54, 1.807) is 0 Å². The van der Waals surface area contributed by atoms with Crippen LogP contribution < -0.4 is 4.90 Å². The molecule has 1 aliphatic rings. The zero-order valence-corrected chi connectivity index (χ0v) is 28.1. The summed E-state index contributed by atoms with van der Waals surface area (Å²) in [6, 6.07) is 60.5. The molecule has 0 heterocycles. The molecule has 8 aromatic rings. The van der Waals surface area contributed by atoms with E-state index in [4.69, 9.17) is 0 Å². The fraction of sp³-hybridized carbons (Fsp3) is 0.0833. The van der Waals surface area contributed by atoms with Gasteiger partial charge in [-0.25, -0.2) is 0 Å². The van der Waals surface area contributed by atoms with E-state index in [0.29, 0.717) is 5.92 Å². The molecule has 8 aromatic carbocycles. The quantitative estimate of drug-likeness (QED) is 0.177. The minimum atomic E-state index is 0.438. The normalized spacial score (nSPS) is 11.8. The number of rotatable bonds is 6. The molecule has 0 atom stereocenters. The molecular weight excluding hydrogens is 591 g/mol. The molecule has 49 heavy (non-hydrogen) atoms. The van der Waals surface area contributed by atoms with Gasteiger partial charge in [-0.2, -0.15) is 0 Å². The van der Waals surface area contributed by atoms with E-state index < -0.39 is 0 Å². The number of hydrogen-bond acceptors (Lipinski definition) is 1. The first-order valence-electron chi connectivity index (χ1n) is 17.3. The van der Waals surface area contributed by atoms with Gasteiger partial charge in [0.1, 0.15) is 0 Å². The Kier molecular flexibility index (Phi) is 6.95. The molecule has 1 aliphatic carbocycles. The summed E-state index contributed by atoms with van der Waals surface area (Å²) in [6.45, 7) is 6.76. The van der Waals surface area contributed by atoms with Crippen LogP contribution in [0.25, 0.3) is 66.1 Å². The second kappa shape index (κ2) is 11.6. The molecule has 0 radical (unpaired) electrons. The van der Waals surface area contributed by atoms with Gasteiger partial charge in [-0.1, -0.05) is 117 Å². The number of fused-ring (bicyclic) bond motifs is 6. The Morgan fingerprint density at radius 3 is 1.55 bits per heavy atom. The third kappa shape index (κ3) is 5.10. The Hall–Kier alpha value is -5.92. The second-order valence-corrected chi connectivity index (χ2v) is 13.7. The van der Waals surface area contributed by atoms with Gasteiger partial charge in [0.2, 0.25) is 0 Å². The lowest BCUT2D eigenvalue weighted by Gasteiger charge is -2.29. The van der Waals surface area contributed by atoms with Crippen molar-refractivity contribution in [2.24, 2.45) is 0 Å². The van der Waals surface area contributed by atoms with E-state index in [-0.39, 0.29) is 0 Å². The summed E-state index contributed by atoms with van der Waals surface area (Å²) < 4.78 is 0. The average Bonchev–Trinajstić information content (AvgIpc) is 3.15. The van der Waals surface area contributed by atoms with Gasteiger partial charge < -0.3 is 4.90 Å². The highest BCUT2D eigenvalue weighted by Crippen LogP contribution is 2.51. The van der Waals surface area contributed by atoms with Crippen LogP contribution in [0.3, 0.4) is 0 Å². The predicted octanol–water partition coefficient (Wildman–Crippen LogP) is 13.9. The molecule has 0 saturated heterocycles. The van der Waals surface area contributed by atoms with Gasteiger partial charge >= 0.3 is 0 Å². The van der Waals surface area contributed by atoms with Crippen molar-refractivity contribution >= 4 is 38.6 Å². The summed E-state index contributed by atoms with van der Waals surface area (Å²) in [4.78, 5) is 2.44. The van der Waals surface area contributed by atoms with Gasteiger partial charge in [0, 0.05) is 17.1 Å². The highest BCUT2D eigenvalue weighted by Gasteiger charge is 2.25. The molecule has 0 bridgehead atoms. The van der Waals surface area contributed by atoms with Gasteiger partial charge in [0.05, 0.1) is 0 Å². The van der Waals surface area contributed by atoms with Crippen molar-refractivity contribution in [1.82, 2.24) is 0 Å². The lowest BCUT2D eigenvalue weighted by molar-refractivity contribution is 0.865. The summed E-state index contributed by atoms with van der Waals surface area (Å²) in [5.41, 5.74) is 16.4. The molecule has 234 valence electrons. The first-order chi connectivity index (χ1) is 24.0. The van der Waals surface area contributed by atoms with Crippen molar-refractivity contribution in [3.05, 3.63) is 175 Å². The smallest absolute Gasteiger partial charge is 0.0493 e. The Morgan fingerprint density at radius 1 is 0.388 bits per heavy atom. The van der Waals surface area contributed by atoms with Crippen molar-refractivity contribution < 1.29 is 0 Å². The van der Waals surface area contributed by atoms with Gasteiger partial charge in [0.15, 0.2) is 0 Å². The predicted molar refractivity (Wildman–Crippen MR) is 210 cm³/mol. The van der Waals surface area contributed by atoms with E-state index in [0.717, 1.165) is 11.4 Å². The van der Waals surface area contributed by atoms with Crippen LogP contribution in [0.2, 0.25) is 0 Å². The number of nitrogens with zero attached hydrogens (tertiary/aromatic N) is 1. The van der Waals surface area contributed by atoms with Crippen LogP contribution in [0, 0.1) is 6.92 Å². The summed E-state index contributed by atoms with van der Waals surface area (Å²) in [6.07, 6.45) is 0. The van der Waals surface area contributed by atoms with Crippen molar-refractivity contribution in [3.8, 4) is 44.5 Å². The monoisotopic (exact) mass is 627 g/mol. The van der Waals surface area contributed by atoms with Crippen molar-refractivity contribution in [2.45, 2.75) is 26.7 Å². The van der Waals surface area contributed by atoms with Crippen LogP contribution in [-0.2, 0) is 0 Å². The molecular formula is C48H37N. The van der Waals surface area contributed by atoms with Crippen LogP contribution in [0.4, 0.5) is 17.1 Å². The first kappa shape index (κ1) is 29.2. The van der Waals surface area contributed by atoms with E-state index in [9.17, 15) is 0 Å². The fourth-order valence-electron chi connectivity index (χ4n) is 7.47. The summed E-state index contributed by atoms with van der Waals surface area (Å²) in [5.74, 6) is 0.438. The third-order valence-electron chi connectivity index (χ3n) is 10.2. The lowest BCUT2D eigenvalue weighted by atomic mass is 9.77. The summed E-state index contributed by atoms with van der Waals surface area (Å²) in [7, 11) is 0. The number of aryl methyl sites for hydroxylation is 1. The van der Waals surface area contributed by atoms with Crippen molar-refractivity contribution in [3.63, 3.8) is 0 Å².